The minimum absolute atomic E-state index is 0.0578. The van der Waals surface area contributed by atoms with Crippen LogP contribution in [0.1, 0.15) is 29.8 Å². The number of carbonyl (C=O) groups excluding carboxylic acids is 1. The maximum atomic E-state index is 12.8. The maximum Gasteiger partial charge on any atom is 0.253 e. The first-order valence-corrected chi connectivity index (χ1v) is 10.4. The third kappa shape index (κ3) is 3.98. The van der Waals surface area contributed by atoms with Gasteiger partial charge in [-0.3, -0.25) is 4.79 Å². The van der Waals surface area contributed by atoms with Gasteiger partial charge in [0.2, 0.25) is 5.95 Å². The van der Waals surface area contributed by atoms with Crippen molar-refractivity contribution in [2.75, 3.05) is 44.3 Å². The monoisotopic (exact) mass is 392 g/mol. The summed E-state index contributed by atoms with van der Waals surface area (Å²) in [5, 5.41) is 0. The molecule has 1 saturated heterocycles. The molecule has 0 N–H and O–H groups in total. The predicted molar refractivity (Wildman–Crippen MR) is 116 cm³/mol. The Morgan fingerprint density at radius 2 is 1.79 bits per heavy atom. The molecule has 1 aliphatic rings. The van der Waals surface area contributed by atoms with Crippen LogP contribution in [-0.4, -0.2) is 59.8 Å². The van der Waals surface area contributed by atoms with E-state index in [4.69, 9.17) is 9.72 Å². The van der Waals surface area contributed by atoms with E-state index in [1.165, 1.54) is 5.56 Å². The van der Waals surface area contributed by atoms with Gasteiger partial charge in [-0.15, -0.1) is 0 Å². The molecule has 2 heterocycles. The molecule has 0 radical (unpaired) electrons. The zero-order valence-electron chi connectivity index (χ0n) is 17.2. The van der Waals surface area contributed by atoms with Crippen molar-refractivity contribution in [3.8, 4) is 0 Å². The summed E-state index contributed by atoms with van der Waals surface area (Å²) in [6.45, 7) is 9.22. The Labute approximate surface area is 171 Å². The number of ether oxygens (including phenoxy) is 1. The topological polar surface area (TPSA) is 50.6 Å². The number of nitrogens with zero attached hydrogens (tertiary/aromatic N) is 4. The van der Waals surface area contributed by atoms with Crippen LogP contribution in [0.3, 0.4) is 0 Å². The molecule has 2 aromatic carbocycles. The number of aromatic nitrogens is 2. The number of rotatable bonds is 6. The van der Waals surface area contributed by atoms with E-state index in [9.17, 15) is 4.79 Å². The maximum absolute atomic E-state index is 12.8. The van der Waals surface area contributed by atoms with Crippen LogP contribution >= 0.6 is 0 Å². The normalized spacial score (nSPS) is 14.3. The van der Waals surface area contributed by atoms with E-state index in [1.54, 1.807) is 0 Å². The summed E-state index contributed by atoms with van der Waals surface area (Å²) in [5.74, 6) is 1.00. The predicted octanol–water partition coefficient (Wildman–Crippen LogP) is 3.40. The zero-order chi connectivity index (χ0) is 20.2. The quantitative estimate of drug-likeness (QED) is 0.645. The Morgan fingerprint density at radius 1 is 1.07 bits per heavy atom. The molecule has 4 rings (SSSR count). The van der Waals surface area contributed by atoms with Gasteiger partial charge in [0.15, 0.2) is 0 Å². The average molecular weight is 393 g/mol. The first-order chi connectivity index (χ1) is 14.2. The van der Waals surface area contributed by atoms with Gasteiger partial charge >= 0.3 is 0 Å². The number of carbonyl (C=O) groups is 1. The Kier molecular flexibility index (Phi) is 5.81. The van der Waals surface area contributed by atoms with Gasteiger partial charge in [-0.25, -0.2) is 4.98 Å². The van der Waals surface area contributed by atoms with Crippen molar-refractivity contribution in [1.82, 2.24) is 14.5 Å². The Morgan fingerprint density at radius 3 is 2.48 bits per heavy atom. The van der Waals surface area contributed by atoms with Crippen LogP contribution in [0.2, 0.25) is 0 Å². The van der Waals surface area contributed by atoms with Crippen LogP contribution in [-0.2, 0) is 11.3 Å². The van der Waals surface area contributed by atoms with Gasteiger partial charge in [-0.05, 0) is 37.6 Å². The molecule has 6 nitrogen and oxygen atoms in total. The molecule has 1 aromatic heterocycles. The first kappa shape index (κ1) is 19.5. The van der Waals surface area contributed by atoms with Gasteiger partial charge < -0.3 is 19.1 Å². The largest absolute Gasteiger partial charge is 0.378 e. The molecule has 6 heteroatoms. The molecule has 0 unspecified atom stereocenters. The fourth-order valence-electron chi connectivity index (χ4n) is 3.87. The van der Waals surface area contributed by atoms with Crippen LogP contribution in [0.5, 0.6) is 0 Å². The summed E-state index contributed by atoms with van der Waals surface area (Å²) in [6, 6.07) is 16.3. The van der Waals surface area contributed by atoms with Crippen molar-refractivity contribution >= 4 is 22.9 Å². The molecule has 0 aliphatic carbocycles. The average Bonchev–Trinajstić information content (AvgIpc) is 3.13. The number of anilines is 1. The second kappa shape index (κ2) is 8.66. The van der Waals surface area contributed by atoms with Crippen molar-refractivity contribution in [3.63, 3.8) is 0 Å². The van der Waals surface area contributed by atoms with Crippen molar-refractivity contribution in [2.45, 2.75) is 20.4 Å². The number of imidazole rings is 1. The zero-order valence-corrected chi connectivity index (χ0v) is 17.2. The van der Waals surface area contributed by atoms with Crippen molar-refractivity contribution in [2.24, 2.45) is 0 Å². The Hall–Kier alpha value is -2.86. The molecule has 0 spiro atoms. The van der Waals surface area contributed by atoms with Crippen LogP contribution in [0.15, 0.2) is 48.5 Å². The number of benzene rings is 2. The van der Waals surface area contributed by atoms with Gasteiger partial charge in [0, 0.05) is 31.7 Å². The number of morpholine rings is 1. The smallest absolute Gasteiger partial charge is 0.253 e. The lowest BCUT2D eigenvalue weighted by atomic mass is 10.1. The minimum atomic E-state index is 0.0578. The second-order valence-corrected chi connectivity index (χ2v) is 7.26. The highest BCUT2D eigenvalue weighted by molar-refractivity contribution is 5.97. The van der Waals surface area contributed by atoms with Crippen molar-refractivity contribution < 1.29 is 9.53 Å². The summed E-state index contributed by atoms with van der Waals surface area (Å²) in [4.78, 5) is 21.9. The minimum Gasteiger partial charge on any atom is -0.378 e. The van der Waals surface area contributed by atoms with E-state index in [2.05, 4.69) is 33.7 Å². The molecular weight excluding hydrogens is 364 g/mol. The van der Waals surface area contributed by atoms with Crippen LogP contribution < -0.4 is 4.90 Å². The SMILES string of the molecule is CCN(CC)C(=O)c1ccc2c(c1)nc(N1CCOCC1)n2Cc1ccccc1. The lowest BCUT2D eigenvalue weighted by Gasteiger charge is -2.28. The molecule has 1 aliphatic heterocycles. The number of fused-ring (bicyclic) bond motifs is 1. The summed E-state index contributed by atoms with van der Waals surface area (Å²) in [6.07, 6.45) is 0. The molecule has 0 bridgehead atoms. The van der Waals surface area contributed by atoms with Crippen molar-refractivity contribution in [1.29, 1.82) is 0 Å². The van der Waals surface area contributed by atoms with Crippen molar-refractivity contribution in [3.05, 3.63) is 59.7 Å². The summed E-state index contributed by atoms with van der Waals surface area (Å²) >= 11 is 0. The third-order valence-electron chi connectivity index (χ3n) is 5.50. The van der Waals surface area contributed by atoms with E-state index in [-0.39, 0.29) is 5.91 Å². The molecule has 152 valence electrons. The first-order valence-electron chi connectivity index (χ1n) is 10.4. The second-order valence-electron chi connectivity index (χ2n) is 7.26. The van der Waals surface area contributed by atoms with E-state index >= 15 is 0 Å². The highest BCUT2D eigenvalue weighted by atomic mass is 16.5. The summed E-state index contributed by atoms with van der Waals surface area (Å²) in [7, 11) is 0. The summed E-state index contributed by atoms with van der Waals surface area (Å²) in [5.41, 5.74) is 3.83. The highest BCUT2D eigenvalue weighted by Crippen LogP contribution is 2.26. The molecule has 1 amide bonds. The lowest BCUT2D eigenvalue weighted by Crippen LogP contribution is -2.38. The molecule has 0 atom stereocenters. The van der Waals surface area contributed by atoms with E-state index < -0.39 is 0 Å². The molecule has 1 fully saturated rings. The van der Waals surface area contributed by atoms with E-state index in [0.29, 0.717) is 31.9 Å². The van der Waals surface area contributed by atoms with Gasteiger partial charge in [0.1, 0.15) is 0 Å². The number of hydrogen-bond donors (Lipinski definition) is 0. The number of hydrogen-bond acceptors (Lipinski definition) is 4. The van der Waals surface area contributed by atoms with Crippen LogP contribution in [0.25, 0.3) is 11.0 Å². The number of amides is 1. The standard InChI is InChI=1S/C23H28N4O2/c1-3-25(4-2)22(28)19-10-11-21-20(16-19)24-23(26-12-14-29-15-13-26)27(21)17-18-8-6-5-7-9-18/h5-11,16H,3-4,12-15,17H2,1-2H3. The van der Waals surface area contributed by atoms with Crippen LogP contribution in [0.4, 0.5) is 5.95 Å². The lowest BCUT2D eigenvalue weighted by molar-refractivity contribution is 0.0773. The van der Waals surface area contributed by atoms with Gasteiger partial charge in [0.05, 0.1) is 30.8 Å². The van der Waals surface area contributed by atoms with E-state index in [0.717, 1.165) is 36.6 Å². The molecular formula is C23H28N4O2. The van der Waals surface area contributed by atoms with Gasteiger partial charge in [-0.2, -0.15) is 0 Å². The third-order valence-corrected chi connectivity index (χ3v) is 5.50. The van der Waals surface area contributed by atoms with Gasteiger partial charge in [0.25, 0.3) is 5.91 Å². The fraction of sp³-hybridized carbons (Fsp3) is 0.391. The van der Waals surface area contributed by atoms with Crippen LogP contribution in [0, 0.1) is 0 Å². The molecule has 29 heavy (non-hydrogen) atoms. The molecule has 0 saturated carbocycles. The Balaban J connectivity index is 1.76. The Bertz CT molecular complexity index is 973. The fourth-order valence-corrected chi connectivity index (χ4v) is 3.87. The van der Waals surface area contributed by atoms with Gasteiger partial charge in [-0.1, -0.05) is 30.3 Å². The molecule has 3 aromatic rings. The van der Waals surface area contributed by atoms with E-state index in [1.807, 2.05) is 43.0 Å². The summed E-state index contributed by atoms with van der Waals surface area (Å²) < 4.78 is 7.78. The highest BCUT2D eigenvalue weighted by Gasteiger charge is 2.21.